The minimum atomic E-state index is -0.402. The Hall–Kier alpha value is -1.91. The molecule has 68 valence electrons. The Labute approximate surface area is 74.3 Å². The van der Waals surface area contributed by atoms with E-state index in [1.807, 2.05) is 0 Å². The van der Waals surface area contributed by atoms with Crippen LogP contribution in [0.1, 0.15) is 12.1 Å². The zero-order chi connectivity index (χ0) is 9.68. The number of hydrogen-bond donors (Lipinski definition) is 2. The Morgan fingerprint density at radius 3 is 3.00 bits per heavy atom. The number of carbonyl (C=O) groups is 1. The zero-order valence-corrected chi connectivity index (χ0v) is 6.86. The molecule has 13 heavy (non-hydrogen) atoms. The second kappa shape index (κ2) is 4.20. The molecular weight excluding hydrogens is 170 g/mol. The third-order valence-electron chi connectivity index (χ3n) is 1.30. The molecule has 0 saturated heterocycles. The number of hydrogen-bond acceptors (Lipinski definition) is 3. The molecule has 3 N–H and O–H groups in total. The number of carbonyl (C=O) groups excluding carboxylic acids is 1. The van der Waals surface area contributed by atoms with Crippen LogP contribution < -0.4 is 11.3 Å². The fourth-order valence-electron chi connectivity index (χ4n) is 0.740. The van der Waals surface area contributed by atoms with Gasteiger partial charge < -0.3 is 10.7 Å². The molecule has 0 saturated carbocycles. The quantitative estimate of drug-likeness (QED) is 0.665. The lowest BCUT2D eigenvalue weighted by molar-refractivity contribution is -0.117. The van der Waals surface area contributed by atoms with Gasteiger partial charge in [-0.25, -0.2) is 4.98 Å². The van der Waals surface area contributed by atoms with E-state index in [0.29, 0.717) is 5.69 Å². The smallest absolute Gasteiger partial charge is 0.266 e. The van der Waals surface area contributed by atoms with Crippen molar-refractivity contribution in [2.75, 3.05) is 0 Å². The van der Waals surface area contributed by atoms with Crippen LogP contribution in [0.25, 0.3) is 6.08 Å². The molecular formula is C8H9N3O2. The minimum absolute atomic E-state index is 0.167. The molecule has 0 fully saturated rings. The number of aromatic nitrogens is 2. The molecule has 0 aliphatic heterocycles. The number of H-pyrrole nitrogens is 1. The lowest BCUT2D eigenvalue weighted by Crippen LogP contribution is -2.08. The molecule has 1 amide bonds. The summed E-state index contributed by atoms with van der Waals surface area (Å²) in [6, 6.07) is 0. The number of amides is 1. The van der Waals surface area contributed by atoms with Gasteiger partial charge in [-0.1, -0.05) is 6.08 Å². The van der Waals surface area contributed by atoms with Crippen molar-refractivity contribution in [1.29, 1.82) is 0 Å². The normalized spacial score (nSPS) is 10.5. The lowest BCUT2D eigenvalue weighted by atomic mass is 10.3. The summed E-state index contributed by atoms with van der Waals surface area (Å²) < 4.78 is 0. The maximum absolute atomic E-state index is 10.6. The molecule has 0 atom stereocenters. The molecule has 5 nitrogen and oxygen atoms in total. The SMILES string of the molecule is NC(=O)CC=Cc1c[nH]c(=O)cn1. The van der Waals surface area contributed by atoms with Gasteiger partial charge in [-0.05, 0) is 6.08 Å². The van der Waals surface area contributed by atoms with E-state index in [1.54, 1.807) is 12.2 Å². The number of nitrogens with two attached hydrogens (primary N) is 1. The monoisotopic (exact) mass is 179 g/mol. The van der Waals surface area contributed by atoms with E-state index in [2.05, 4.69) is 9.97 Å². The Kier molecular flexibility index (Phi) is 2.97. The highest BCUT2D eigenvalue weighted by molar-refractivity contribution is 5.76. The summed E-state index contributed by atoms with van der Waals surface area (Å²) in [7, 11) is 0. The Balaban J connectivity index is 2.64. The van der Waals surface area contributed by atoms with Crippen LogP contribution in [0.2, 0.25) is 0 Å². The first-order valence-electron chi connectivity index (χ1n) is 3.68. The first kappa shape index (κ1) is 9.18. The molecule has 0 radical (unpaired) electrons. The van der Waals surface area contributed by atoms with Gasteiger partial charge in [0, 0.05) is 12.6 Å². The van der Waals surface area contributed by atoms with Gasteiger partial charge in [0.1, 0.15) is 0 Å². The van der Waals surface area contributed by atoms with E-state index in [9.17, 15) is 9.59 Å². The van der Waals surface area contributed by atoms with Gasteiger partial charge in [0.05, 0.1) is 11.9 Å². The number of nitrogens with one attached hydrogen (secondary N) is 1. The van der Waals surface area contributed by atoms with Crippen molar-refractivity contribution in [3.05, 3.63) is 34.5 Å². The van der Waals surface area contributed by atoms with Crippen LogP contribution in [0.4, 0.5) is 0 Å². The van der Waals surface area contributed by atoms with Gasteiger partial charge in [-0.3, -0.25) is 9.59 Å². The van der Waals surface area contributed by atoms with Crippen LogP contribution in [0.3, 0.4) is 0 Å². The highest BCUT2D eigenvalue weighted by atomic mass is 16.1. The Bertz CT molecular complexity index is 361. The third kappa shape index (κ3) is 3.33. The highest BCUT2D eigenvalue weighted by Crippen LogP contribution is 1.93. The maximum atomic E-state index is 10.6. The molecule has 1 rings (SSSR count). The van der Waals surface area contributed by atoms with Gasteiger partial charge in [0.25, 0.3) is 5.56 Å². The standard InChI is InChI=1S/C8H9N3O2/c9-7(12)3-1-2-6-4-11-8(13)5-10-6/h1-2,4-5H,3H2,(H2,9,12)(H,11,13). The second-order valence-electron chi connectivity index (χ2n) is 2.41. The predicted octanol–water partition coefficient (Wildman–Crippen LogP) is -0.342. The summed E-state index contributed by atoms with van der Waals surface area (Å²) in [4.78, 5) is 27.2. The molecule has 1 heterocycles. The summed E-state index contributed by atoms with van der Waals surface area (Å²) in [5, 5.41) is 0. The molecule has 0 aromatic carbocycles. The zero-order valence-electron chi connectivity index (χ0n) is 6.86. The van der Waals surface area contributed by atoms with E-state index in [-0.39, 0.29) is 12.0 Å². The fraction of sp³-hybridized carbons (Fsp3) is 0.125. The largest absolute Gasteiger partial charge is 0.369 e. The molecule has 5 heteroatoms. The number of nitrogens with zero attached hydrogens (tertiary/aromatic N) is 1. The van der Waals surface area contributed by atoms with Crippen molar-refractivity contribution in [1.82, 2.24) is 9.97 Å². The first-order chi connectivity index (χ1) is 6.18. The van der Waals surface area contributed by atoms with Gasteiger partial charge in [-0.2, -0.15) is 0 Å². The first-order valence-corrected chi connectivity index (χ1v) is 3.68. The van der Waals surface area contributed by atoms with Crippen LogP contribution in [0.15, 0.2) is 23.3 Å². The predicted molar refractivity (Wildman–Crippen MR) is 47.7 cm³/mol. The van der Waals surface area contributed by atoms with E-state index >= 15 is 0 Å². The third-order valence-corrected chi connectivity index (χ3v) is 1.30. The van der Waals surface area contributed by atoms with Crippen LogP contribution >= 0.6 is 0 Å². The van der Waals surface area contributed by atoms with Gasteiger partial charge in [0.15, 0.2) is 0 Å². The van der Waals surface area contributed by atoms with Crippen molar-refractivity contribution in [2.45, 2.75) is 6.42 Å². The van der Waals surface area contributed by atoms with Gasteiger partial charge in [0.2, 0.25) is 5.91 Å². The summed E-state index contributed by atoms with van der Waals surface area (Å²) in [6.45, 7) is 0. The van der Waals surface area contributed by atoms with Crippen LogP contribution in [0.5, 0.6) is 0 Å². The van der Waals surface area contributed by atoms with Crippen molar-refractivity contribution >= 4 is 12.0 Å². The number of aromatic amines is 1. The van der Waals surface area contributed by atoms with E-state index in [0.717, 1.165) is 0 Å². The Morgan fingerprint density at radius 2 is 2.46 bits per heavy atom. The summed E-state index contributed by atoms with van der Waals surface area (Å²) in [5.41, 5.74) is 5.24. The fourth-order valence-corrected chi connectivity index (χ4v) is 0.740. The molecule has 1 aromatic heterocycles. The highest BCUT2D eigenvalue weighted by Gasteiger charge is 1.89. The molecule has 0 unspecified atom stereocenters. The summed E-state index contributed by atoms with van der Waals surface area (Å²) in [6.07, 6.45) is 5.99. The average molecular weight is 179 g/mol. The van der Waals surface area contributed by atoms with Crippen molar-refractivity contribution in [2.24, 2.45) is 5.73 Å². The second-order valence-corrected chi connectivity index (χ2v) is 2.41. The minimum Gasteiger partial charge on any atom is -0.369 e. The van der Waals surface area contributed by atoms with E-state index in [4.69, 9.17) is 5.73 Å². The van der Waals surface area contributed by atoms with Crippen molar-refractivity contribution in [3.63, 3.8) is 0 Å². The molecule has 0 aliphatic rings. The topological polar surface area (TPSA) is 88.8 Å². The average Bonchev–Trinajstić information content (AvgIpc) is 2.08. The van der Waals surface area contributed by atoms with Gasteiger partial charge in [-0.15, -0.1) is 0 Å². The molecule has 0 bridgehead atoms. The van der Waals surface area contributed by atoms with E-state index < -0.39 is 5.91 Å². The molecule has 0 aliphatic carbocycles. The summed E-state index contributed by atoms with van der Waals surface area (Å²) >= 11 is 0. The van der Waals surface area contributed by atoms with Crippen LogP contribution in [-0.2, 0) is 4.79 Å². The van der Waals surface area contributed by atoms with Gasteiger partial charge >= 0.3 is 0 Å². The lowest BCUT2D eigenvalue weighted by Gasteiger charge is -1.89. The maximum Gasteiger partial charge on any atom is 0.266 e. The van der Waals surface area contributed by atoms with Crippen molar-refractivity contribution < 1.29 is 4.79 Å². The number of primary amides is 1. The molecule has 0 spiro atoms. The Morgan fingerprint density at radius 1 is 1.69 bits per heavy atom. The van der Waals surface area contributed by atoms with Crippen LogP contribution in [-0.4, -0.2) is 15.9 Å². The summed E-state index contributed by atoms with van der Waals surface area (Å²) in [5.74, 6) is -0.402. The van der Waals surface area contributed by atoms with E-state index in [1.165, 1.54) is 12.4 Å². The number of rotatable bonds is 3. The van der Waals surface area contributed by atoms with Crippen molar-refractivity contribution in [3.8, 4) is 0 Å². The van der Waals surface area contributed by atoms with Crippen LogP contribution in [0, 0.1) is 0 Å². The molecule has 1 aromatic rings.